The van der Waals surface area contributed by atoms with Crippen molar-refractivity contribution in [3.8, 4) is 16.2 Å². The van der Waals surface area contributed by atoms with Gasteiger partial charge in [-0.05, 0) is 60.0 Å². The lowest BCUT2D eigenvalue weighted by molar-refractivity contribution is 0.0941. The Balaban J connectivity index is 1.37. The fourth-order valence-corrected chi connectivity index (χ4v) is 5.27. The highest BCUT2D eigenvalue weighted by Crippen LogP contribution is 2.32. The van der Waals surface area contributed by atoms with Crippen molar-refractivity contribution < 1.29 is 9.90 Å². The Kier molecular flexibility index (Phi) is 6.70. The number of fused-ring (bicyclic) bond motifs is 1. The normalized spacial score (nSPS) is 13.6. The second kappa shape index (κ2) is 10.2. The molecule has 7 heteroatoms. The van der Waals surface area contributed by atoms with Gasteiger partial charge in [-0.2, -0.15) is 0 Å². The zero-order valence-electron chi connectivity index (χ0n) is 19.1. The van der Waals surface area contributed by atoms with Crippen LogP contribution < -0.4 is 10.6 Å². The Hall–Kier alpha value is -3.81. The fourth-order valence-electron chi connectivity index (χ4n) is 4.36. The summed E-state index contributed by atoms with van der Waals surface area (Å²) in [5.41, 5.74) is 5.38. The summed E-state index contributed by atoms with van der Waals surface area (Å²) in [5, 5.41) is 25.5. The number of thiophene rings is 1. The van der Waals surface area contributed by atoms with E-state index in [0.717, 1.165) is 30.0 Å². The van der Waals surface area contributed by atoms with Crippen molar-refractivity contribution in [3.05, 3.63) is 106 Å². The van der Waals surface area contributed by atoms with Crippen LogP contribution in [-0.4, -0.2) is 28.3 Å². The molecule has 4 N–H and O–H groups in total. The number of hydrogen-bond donors (Lipinski definition) is 4. The maximum absolute atomic E-state index is 13.3. The van der Waals surface area contributed by atoms with E-state index in [2.05, 4.69) is 33.8 Å². The number of rotatable bonds is 7. The number of hydrogen-bond acceptors (Lipinski definition) is 6. The minimum Gasteiger partial charge on any atom is -0.508 e. The molecule has 5 rings (SSSR count). The van der Waals surface area contributed by atoms with Crippen molar-refractivity contribution in [1.29, 1.82) is 5.41 Å². The topological polar surface area (TPSA) is 98.1 Å². The van der Waals surface area contributed by atoms with Gasteiger partial charge in [-0.15, -0.1) is 11.3 Å². The molecule has 2 aromatic carbocycles. The van der Waals surface area contributed by atoms with Crippen LogP contribution in [0.15, 0.2) is 79.1 Å². The first-order valence-corrected chi connectivity index (χ1v) is 12.4. The van der Waals surface area contributed by atoms with Crippen LogP contribution in [0.3, 0.4) is 0 Å². The molecular weight excluding hydrogens is 456 g/mol. The highest BCUT2D eigenvalue weighted by molar-refractivity contribution is 7.17. The highest BCUT2D eigenvalue weighted by Gasteiger charge is 2.22. The zero-order chi connectivity index (χ0) is 24.2. The van der Waals surface area contributed by atoms with Gasteiger partial charge in [0, 0.05) is 47.1 Å². The van der Waals surface area contributed by atoms with Crippen LogP contribution in [0.4, 0.5) is 0 Å². The van der Waals surface area contributed by atoms with Crippen molar-refractivity contribution in [2.75, 3.05) is 6.54 Å². The largest absolute Gasteiger partial charge is 0.508 e. The fraction of sp³-hybridized carbons (Fsp3) is 0.179. The number of phenols is 1. The highest BCUT2D eigenvalue weighted by atomic mass is 32.1. The van der Waals surface area contributed by atoms with Crippen LogP contribution in [0, 0.1) is 5.41 Å². The number of carbonyl (C=O) groups excluding carboxylic acids is 1. The molecule has 0 saturated heterocycles. The van der Waals surface area contributed by atoms with Gasteiger partial charge < -0.3 is 21.1 Å². The van der Waals surface area contributed by atoms with Crippen molar-refractivity contribution >= 4 is 23.0 Å². The average Bonchev–Trinajstić information content (AvgIpc) is 3.39. The molecule has 1 amide bonds. The Labute approximate surface area is 208 Å². The molecule has 4 aromatic rings. The smallest absolute Gasteiger partial charge is 0.261 e. The molecule has 0 aliphatic carbocycles. The van der Waals surface area contributed by atoms with Gasteiger partial charge >= 0.3 is 0 Å². The summed E-state index contributed by atoms with van der Waals surface area (Å²) >= 11 is 1.44. The molecule has 6 nitrogen and oxygen atoms in total. The van der Waals surface area contributed by atoms with Crippen LogP contribution in [0.1, 0.15) is 44.4 Å². The predicted molar refractivity (Wildman–Crippen MR) is 139 cm³/mol. The molecule has 1 aliphatic rings. The summed E-state index contributed by atoms with van der Waals surface area (Å²) in [4.78, 5) is 19.0. The van der Waals surface area contributed by atoms with E-state index in [4.69, 9.17) is 5.41 Å². The van der Waals surface area contributed by atoms with Crippen LogP contribution in [0.2, 0.25) is 0 Å². The van der Waals surface area contributed by atoms with E-state index in [1.807, 2.05) is 24.3 Å². The number of aromatic nitrogens is 1. The number of carbonyl (C=O) groups is 1. The Morgan fingerprint density at radius 3 is 2.83 bits per heavy atom. The van der Waals surface area contributed by atoms with Gasteiger partial charge in [0.15, 0.2) is 0 Å². The van der Waals surface area contributed by atoms with E-state index in [9.17, 15) is 9.90 Å². The van der Waals surface area contributed by atoms with Crippen LogP contribution in [0.5, 0.6) is 5.75 Å². The second-order valence-corrected chi connectivity index (χ2v) is 9.67. The van der Waals surface area contributed by atoms with E-state index in [1.165, 1.54) is 22.5 Å². The molecule has 3 heterocycles. The first-order valence-electron chi connectivity index (χ1n) is 11.6. The van der Waals surface area contributed by atoms with Gasteiger partial charge in [-0.3, -0.25) is 9.78 Å². The van der Waals surface area contributed by atoms with E-state index in [-0.39, 0.29) is 18.1 Å². The molecule has 0 radical (unpaired) electrons. The summed E-state index contributed by atoms with van der Waals surface area (Å²) in [6.07, 6.45) is 4.55. The molecule has 0 saturated carbocycles. The van der Waals surface area contributed by atoms with Crippen molar-refractivity contribution in [3.63, 3.8) is 0 Å². The van der Waals surface area contributed by atoms with Gasteiger partial charge in [0.05, 0.1) is 10.9 Å². The van der Waals surface area contributed by atoms with Crippen LogP contribution in [-0.2, 0) is 13.0 Å². The van der Waals surface area contributed by atoms with Gasteiger partial charge in [0.2, 0.25) is 0 Å². The molecule has 1 atom stereocenters. The minimum atomic E-state index is -0.559. The summed E-state index contributed by atoms with van der Waals surface area (Å²) in [5.74, 6) is -0.139. The Bertz CT molecular complexity index is 1370. The van der Waals surface area contributed by atoms with Crippen molar-refractivity contribution in [2.45, 2.75) is 25.4 Å². The van der Waals surface area contributed by atoms with Crippen LogP contribution in [0.25, 0.3) is 10.4 Å². The Morgan fingerprint density at radius 1 is 1.11 bits per heavy atom. The molecule has 0 spiro atoms. The maximum atomic E-state index is 13.3. The predicted octanol–water partition coefficient (Wildman–Crippen LogP) is 5.09. The van der Waals surface area contributed by atoms with E-state index in [1.54, 1.807) is 36.7 Å². The number of nitrogens with zero attached hydrogens (tertiary/aromatic N) is 1. The quantitative estimate of drug-likeness (QED) is 0.276. The first-order chi connectivity index (χ1) is 17.1. The molecule has 1 aliphatic heterocycles. The molecule has 0 fully saturated rings. The number of phenolic OH excluding ortho intramolecular Hbond substituents is 1. The van der Waals surface area contributed by atoms with Crippen molar-refractivity contribution in [2.24, 2.45) is 0 Å². The van der Waals surface area contributed by atoms with Crippen LogP contribution >= 0.6 is 11.3 Å². The lowest BCUT2D eigenvalue weighted by Gasteiger charge is -2.20. The lowest BCUT2D eigenvalue weighted by atomic mass is 9.97. The third-order valence-electron chi connectivity index (χ3n) is 6.24. The number of para-hydroxylation sites is 1. The van der Waals surface area contributed by atoms with Gasteiger partial charge in [-0.1, -0.05) is 36.4 Å². The number of aromatic hydroxyl groups is 1. The van der Waals surface area contributed by atoms with E-state index < -0.39 is 6.04 Å². The number of amides is 1. The van der Waals surface area contributed by atoms with Gasteiger partial charge in [0.25, 0.3) is 5.91 Å². The van der Waals surface area contributed by atoms with Gasteiger partial charge in [0.1, 0.15) is 5.75 Å². The zero-order valence-corrected chi connectivity index (χ0v) is 19.9. The molecule has 176 valence electrons. The Morgan fingerprint density at radius 2 is 2.00 bits per heavy atom. The summed E-state index contributed by atoms with van der Waals surface area (Å²) in [6, 6.07) is 20.3. The van der Waals surface area contributed by atoms with Gasteiger partial charge in [-0.25, -0.2) is 0 Å². The molecule has 1 unspecified atom stereocenters. The first kappa shape index (κ1) is 23.0. The summed E-state index contributed by atoms with van der Waals surface area (Å²) < 4.78 is 0. The monoisotopic (exact) mass is 482 g/mol. The third-order valence-corrected chi connectivity index (χ3v) is 7.38. The minimum absolute atomic E-state index is 0.0892. The second-order valence-electron chi connectivity index (χ2n) is 8.58. The molecular formula is C28H26N4O2S. The molecule has 0 bridgehead atoms. The maximum Gasteiger partial charge on any atom is 0.261 e. The average molecular weight is 483 g/mol. The summed E-state index contributed by atoms with van der Waals surface area (Å²) in [7, 11) is 0. The lowest BCUT2D eigenvalue weighted by Crippen LogP contribution is -2.29. The standard InChI is InChI=1S/C28H26N4O2S/c29-23(20-4-3-12-30-16-20)15-24(22-5-1-2-6-25(22)33)32-28(34)27-10-9-26(35-27)19-8-7-18-11-13-31-17-21(18)14-19/h1-10,12,14,16,24,29,31,33H,11,13,15,17H2,(H,32,34). The molecule has 35 heavy (non-hydrogen) atoms. The van der Waals surface area contributed by atoms with E-state index >= 15 is 0 Å². The number of pyridine rings is 1. The van der Waals surface area contributed by atoms with E-state index in [0.29, 0.717) is 21.7 Å². The van der Waals surface area contributed by atoms with Crippen molar-refractivity contribution in [1.82, 2.24) is 15.6 Å². The third kappa shape index (κ3) is 5.16. The number of benzene rings is 2. The summed E-state index contributed by atoms with van der Waals surface area (Å²) in [6.45, 7) is 1.87. The number of nitrogens with one attached hydrogen (secondary N) is 3. The SMILES string of the molecule is N=C(CC(NC(=O)c1ccc(-c2ccc3c(c2)CNCC3)s1)c1ccccc1O)c1cccnc1. The molecule has 2 aromatic heterocycles.